The van der Waals surface area contributed by atoms with Crippen molar-refractivity contribution < 1.29 is 9.47 Å². The SMILES string of the molecule is Cc1ccc(OC(Br)(Br)C2CO2)cc1. The number of rotatable bonds is 3. The van der Waals surface area contributed by atoms with Crippen molar-refractivity contribution in [3.8, 4) is 5.75 Å². The molecular weight excluding hydrogens is 312 g/mol. The van der Waals surface area contributed by atoms with Crippen LogP contribution in [0.5, 0.6) is 5.75 Å². The summed E-state index contributed by atoms with van der Waals surface area (Å²) in [4.78, 5) is 0. The zero-order valence-electron chi connectivity index (χ0n) is 7.67. The third-order valence-electron chi connectivity index (χ3n) is 1.98. The summed E-state index contributed by atoms with van der Waals surface area (Å²) in [5.74, 6) is 0.819. The minimum absolute atomic E-state index is 0.0869. The molecule has 0 spiro atoms. The number of aryl methyl sites for hydroxylation is 1. The zero-order valence-corrected chi connectivity index (χ0v) is 10.8. The second-order valence-corrected chi connectivity index (χ2v) is 6.72. The first-order valence-electron chi connectivity index (χ1n) is 4.33. The van der Waals surface area contributed by atoms with Gasteiger partial charge in [-0.1, -0.05) is 17.7 Å². The van der Waals surface area contributed by atoms with E-state index in [2.05, 4.69) is 31.9 Å². The Morgan fingerprint density at radius 2 is 1.93 bits per heavy atom. The lowest BCUT2D eigenvalue weighted by Crippen LogP contribution is -2.27. The largest absolute Gasteiger partial charge is 0.463 e. The van der Waals surface area contributed by atoms with Gasteiger partial charge in [0.15, 0.2) is 0 Å². The molecule has 0 aliphatic carbocycles. The monoisotopic (exact) mass is 320 g/mol. The van der Waals surface area contributed by atoms with E-state index in [1.807, 2.05) is 31.2 Å². The molecule has 0 radical (unpaired) electrons. The first kappa shape index (κ1) is 10.5. The van der Waals surface area contributed by atoms with Crippen LogP contribution < -0.4 is 4.74 Å². The number of epoxide rings is 1. The molecular formula is C10H10Br2O2. The van der Waals surface area contributed by atoms with Gasteiger partial charge in [-0.25, -0.2) is 0 Å². The summed E-state index contributed by atoms with van der Waals surface area (Å²) in [6.07, 6.45) is 0.0869. The maximum absolute atomic E-state index is 5.69. The van der Waals surface area contributed by atoms with Crippen LogP contribution in [0.3, 0.4) is 0 Å². The molecule has 1 fully saturated rings. The topological polar surface area (TPSA) is 21.8 Å². The highest BCUT2D eigenvalue weighted by Crippen LogP contribution is 2.40. The van der Waals surface area contributed by atoms with Gasteiger partial charge in [-0.3, -0.25) is 0 Å². The highest BCUT2D eigenvalue weighted by molar-refractivity contribution is 9.25. The highest BCUT2D eigenvalue weighted by Gasteiger charge is 2.45. The first-order chi connectivity index (χ1) is 6.58. The van der Waals surface area contributed by atoms with Crippen LogP contribution in [0.2, 0.25) is 0 Å². The summed E-state index contributed by atoms with van der Waals surface area (Å²) >= 11 is 6.87. The summed E-state index contributed by atoms with van der Waals surface area (Å²) in [5, 5.41) is 0. The van der Waals surface area contributed by atoms with Gasteiger partial charge in [-0.15, -0.1) is 0 Å². The molecule has 1 aliphatic heterocycles. The van der Waals surface area contributed by atoms with E-state index in [1.165, 1.54) is 5.56 Å². The van der Waals surface area contributed by atoms with Crippen LogP contribution in [-0.4, -0.2) is 16.1 Å². The number of alkyl halides is 2. The molecule has 14 heavy (non-hydrogen) atoms. The van der Waals surface area contributed by atoms with Gasteiger partial charge in [-0.2, -0.15) is 0 Å². The molecule has 0 aromatic heterocycles. The zero-order chi connectivity index (χ0) is 10.2. The van der Waals surface area contributed by atoms with Gasteiger partial charge < -0.3 is 9.47 Å². The molecule has 4 heteroatoms. The summed E-state index contributed by atoms with van der Waals surface area (Å²) in [6, 6.07) is 7.91. The standard InChI is InChI=1S/C10H10Br2O2/c1-7-2-4-8(5-3-7)14-10(11,12)9-6-13-9/h2-5,9H,6H2,1H3. The highest BCUT2D eigenvalue weighted by atomic mass is 79.9. The van der Waals surface area contributed by atoms with Gasteiger partial charge in [0, 0.05) is 0 Å². The van der Waals surface area contributed by atoms with Crippen molar-refractivity contribution in [2.75, 3.05) is 6.61 Å². The molecule has 1 atom stereocenters. The molecule has 2 rings (SSSR count). The fourth-order valence-corrected chi connectivity index (χ4v) is 1.97. The second kappa shape index (κ2) is 3.83. The smallest absolute Gasteiger partial charge is 0.245 e. The van der Waals surface area contributed by atoms with E-state index in [0.717, 1.165) is 12.4 Å². The van der Waals surface area contributed by atoms with Crippen LogP contribution >= 0.6 is 31.9 Å². The Morgan fingerprint density at radius 3 is 2.43 bits per heavy atom. The predicted octanol–water partition coefficient (Wildman–Crippen LogP) is 3.22. The van der Waals surface area contributed by atoms with Crippen LogP contribution in [0, 0.1) is 6.92 Å². The third kappa shape index (κ3) is 2.49. The molecule has 1 aromatic rings. The normalized spacial score (nSPS) is 20.6. The molecule has 1 heterocycles. The van der Waals surface area contributed by atoms with Crippen LogP contribution in [0.25, 0.3) is 0 Å². The average molecular weight is 322 g/mol. The van der Waals surface area contributed by atoms with Crippen LogP contribution in [0.4, 0.5) is 0 Å². The lowest BCUT2D eigenvalue weighted by atomic mass is 10.2. The molecule has 0 N–H and O–H groups in total. The minimum atomic E-state index is -0.588. The van der Waals surface area contributed by atoms with Gasteiger partial charge in [-0.05, 0) is 50.9 Å². The van der Waals surface area contributed by atoms with E-state index in [0.29, 0.717) is 0 Å². The van der Waals surface area contributed by atoms with E-state index in [9.17, 15) is 0 Å². The van der Waals surface area contributed by atoms with Gasteiger partial charge in [0.25, 0.3) is 0 Å². The molecule has 2 nitrogen and oxygen atoms in total. The molecule has 0 amide bonds. The molecule has 0 bridgehead atoms. The number of halogens is 2. The Bertz CT molecular complexity index is 317. The van der Waals surface area contributed by atoms with E-state index in [4.69, 9.17) is 9.47 Å². The van der Waals surface area contributed by atoms with Crippen molar-refractivity contribution in [3.05, 3.63) is 29.8 Å². The Hall–Kier alpha value is -0.0600. The summed E-state index contributed by atoms with van der Waals surface area (Å²) in [5.41, 5.74) is 1.22. The van der Waals surface area contributed by atoms with Crippen molar-refractivity contribution in [1.82, 2.24) is 0 Å². The van der Waals surface area contributed by atoms with Crippen LogP contribution in [0.15, 0.2) is 24.3 Å². The first-order valence-corrected chi connectivity index (χ1v) is 5.91. The number of benzene rings is 1. The minimum Gasteiger partial charge on any atom is -0.463 e. The summed E-state index contributed by atoms with van der Waals surface area (Å²) < 4.78 is 10.3. The van der Waals surface area contributed by atoms with Crippen molar-refractivity contribution >= 4 is 31.9 Å². The number of ether oxygens (including phenoxy) is 2. The number of hydrogen-bond donors (Lipinski definition) is 0. The van der Waals surface area contributed by atoms with Crippen LogP contribution in [-0.2, 0) is 4.74 Å². The third-order valence-corrected chi connectivity index (χ3v) is 3.33. The van der Waals surface area contributed by atoms with Gasteiger partial charge in [0.2, 0.25) is 3.42 Å². The predicted molar refractivity (Wildman–Crippen MR) is 62.1 cm³/mol. The Morgan fingerprint density at radius 1 is 1.36 bits per heavy atom. The van der Waals surface area contributed by atoms with E-state index in [1.54, 1.807) is 0 Å². The fraction of sp³-hybridized carbons (Fsp3) is 0.400. The molecule has 1 aliphatic rings. The van der Waals surface area contributed by atoms with Gasteiger partial charge in [0.1, 0.15) is 11.9 Å². The Kier molecular flexibility index (Phi) is 2.86. The Labute approximate surface area is 99.8 Å². The molecule has 0 saturated carbocycles. The van der Waals surface area contributed by atoms with Crippen molar-refractivity contribution in [2.45, 2.75) is 16.4 Å². The lowest BCUT2D eigenvalue weighted by Gasteiger charge is -2.20. The maximum Gasteiger partial charge on any atom is 0.245 e. The van der Waals surface area contributed by atoms with Gasteiger partial charge in [0.05, 0.1) is 6.61 Å². The van der Waals surface area contributed by atoms with Crippen molar-refractivity contribution in [2.24, 2.45) is 0 Å². The summed E-state index contributed by atoms with van der Waals surface area (Å²) in [6.45, 7) is 2.77. The molecule has 1 unspecified atom stereocenters. The van der Waals surface area contributed by atoms with E-state index in [-0.39, 0.29) is 6.10 Å². The fourth-order valence-electron chi connectivity index (χ4n) is 1.07. The van der Waals surface area contributed by atoms with Crippen molar-refractivity contribution in [3.63, 3.8) is 0 Å². The van der Waals surface area contributed by atoms with Crippen LogP contribution in [0.1, 0.15) is 5.56 Å². The molecule has 1 saturated heterocycles. The lowest BCUT2D eigenvalue weighted by molar-refractivity contribution is 0.218. The molecule has 76 valence electrons. The van der Waals surface area contributed by atoms with Crippen molar-refractivity contribution in [1.29, 1.82) is 0 Å². The molecule has 1 aromatic carbocycles. The number of hydrogen-bond acceptors (Lipinski definition) is 2. The van der Waals surface area contributed by atoms with Gasteiger partial charge >= 0.3 is 0 Å². The average Bonchev–Trinajstić information content (AvgIpc) is 2.91. The quantitative estimate of drug-likeness (QED) is 0.630. The van der Waals surface area contributed by atoms with E-state index >= 15 is 0 Å². The maximum atomic E-state index is 5.69. The Balaban J connectivity index is 2.06. The van der Waals surface area contributed by atoms with E-state index < -0.39 is 3.42 Å². The summed E-state index contributed by atoms with van der Waals surface area (Å²) in [7, 11) is 0. The second-order valence-electron chi connectivity index (χ2n) is 3.30.